The van der Waals surface area contributed by atoms with Crippen LogP contribution in [0.2, 0.25) is 0 Å². The fourth-order valence-electron chi connectivity index (χ4n) is 3.39. The Labute approximate surface area is 97.3 Å². The van der Waals surface area contributed by atoms with E-state index in [1.54, 1.807) is 0 Å². The van der Waals surface area contributed by atoms with E-state index in [2.05, 4.69) is 10.2 Å². The van der Waals surface area contributed by atoms with Gasteiger partial charge in [0.2, 0.25) is 0 Å². The second-order valence-electron chi connectivity index (χ2n) is 5.73. The van der Waals surface area contributed by atoms with Crippen LogP contribution in [0, 0.1) is 5.41 Å². The maximum atomic E-state index is 11.5. The maximum Gasteiger partial charge on any atom is 0.151 e. The Hall–Kier alpha value is -0.130. The first-order valence-corrected chi connectivity index (χ1v) is 8.06. The van der Waals surface area contributed by atoms with Crippen molar-refractivity contribution in [2.75, 3.05) is 37.7 Å². The quantitative estimate of drug-likeness (QED) is 0.697. The van der Waals surface area contributed by atoms with Crippen LogP contribution in [-0.4, -0.2) is 57.0 Å². The highest BCUT2D eigenvalue weighted by Gasteiger charge is 2.43. The molecule has 3 aliphatic heterocycles. The predicted molar refractivity (Wildman–Crippen MR) is 63.2 cm³/mol. The van der Waals surface area contributed by atoms with E-state index in [0.717, 1.165) is 32.6 Å². The summed E-state index contributed by atoms with van der Waals surface area (Å²) in [5, 5.41) is 3.35. The summed E-state index contributed by atoms with van der Waals surface area (Å²) in [7, 11) is -2.73. The van der Waals surface area contributed by atoms with Crippen LogP contribution in [0.4, 0.5) is 0 Å². The molecule has 0 bridgehead atoms. The molecule has 4 nitrogen and oxygen atoms in total. The van der Waals surface area contributed by atoms with E-state index < -0.39 is 9.84 Å². The topological polar surface area (TPSA) is 49.4 Å². The van der Waals surface area contributed by atoms with Gasteiger partial charge in [-0.15, -0.1) is 0 Å². The van der Waals surface area contributed by atoms with Crippen LogP contribution in [0.25, 0.3) is 0 Å². The van der Waals surface area contributed by atoms with Crippen LogP contribution in [0.3, 0.4) is 0 Å². The lowest BCUT2D eigenvalue weighted by atomic mass is 9.74. The van der Waals surface area contributed by atoms with Crippen molar-refractivity contribution in [2.45, 2.75) is 25.3 Å². The molecule has 0 aromatic heterocycles. The number of nitrogens with zero attached hydrogens (tertiary/aromatic N) is 1. The van der Waals surface area contributed by atoms with Crippen molar-refractivity contribution in [3.8, 4) is 0 Å². The van der Waals surface area contributed by atoms with Gasteiger partial charge >= 0.3 is 0 Å². The molecular weight excluding hydrogens is 224 g/mol. The summed E-state index contributed by atoms with van der Waals surface area (Å²) in [4.78, 5) is 2.44. The molecule has 92 valence electrons. The molecule has 16 heavy (non-hydrogen) atoms. The first-order valence-electron chi connectivity index (χ1n) is 6.24. The van der Waals surface area contributed by atoms with Gasteiger partial charge in [0.05, 0.1) is 11.5 Å². The third kappa shape index (κ3) is 1.89. The van der Waals surface area contributed by atoms with E-state index in [-0.39, 0.29) is 0 Å². The van der Waals surface area contributed by atoms with Crippen molar-refractivity contribution in [3.63, 3.8) is 0 Å². The zero-order valence-corrected chi connectivity index (χ0v) is 10.4. The van der Waals surface area contributed by atoms with Crippen molar-refractivity contribution < 1.29 is 8.42 Å². The van der Waals surface area contributed by atoms with E-state index in [9.17, 15) is 8.42 Å². The van der Waals surface area contributed by atoms with Crippen LogP contribution in [0.1, 0.15) is 19.3 Å². The molecule has 3 rings (SSSR count). The average Bonchev–Trinajstić information content (AvgIpc) is 2.57. The molecule has 3 saturated heterocycles. The molecule has 0 radical (unpaired) electrons. The van der Waals surface area contributed by atoms with Crippen LogP contribution < -0.4 is 5.32 Å². The molecule has 1 unspecified atom stereocenters. The third-order valence-electron chi connectivity index (χ3n) is 4.42. The lowest BCUT2D eigenvalue weighted by molar-refractivity contribution is 0.0235. The number of hydrogen-bond acceptors (Lipinski definition) is 4. The third-order valence-corrected chi connectivity index (χ3v) is 6.17. The van der Waals surface area contributed by atoms with Gasteiger partial charge in [-0.1, -0.05) is 0 Å². The average molecular weight is 244 g/mol. The standard InChI is InChI=1S/C11H20N2O2S/c14-16(15)5-2-10(6-16)13-4-1-3-11(9-13)7-12-8-11/h10,12H,1-9H2. The SMILES string of the molecule is O=S1(=O)CCC(N2CCCC3(CNC3)C2)C1. The van der Waals surface area contributed by atoms with Crippen molar-refractivity contribution >= 4 is 9.84 Å². The minimum absolute atomic E-state index is 0.308. The number of nitrogens with one attached hydrogen (secondary N) is 1. The summed E-state index contributed by atoms with van der Waals surface area (Å²) >= 11 is 0. The van der Waals surface area contributed by atoms with E-state index in [0.29, 0.717) is 23.0 Å². The molecule has 1 atom stereocenters. The predicted octanol–water partition coefficient (Wildman–Crippen LogP) is -0.141. The van der Waals surface area contributed by atoms with Gasteiger partial charge in [-0.05, 0) is 25.8 Å². The summed E-state index contributed by atoms with van der Waals surface area (Å²) in [6, 6.07) is 0.308. The second kappa shape index (κ2) is 3.68. The number of rotatable bonds is 1. The van der Waals surface area contributed by atoms with Gasteiger partial charge in [-0.2, -0.15) is 0 Å². The van der Waals surface area contributed by atoms with Crippen LogP contribution in [0.15, 0.2) is 0 Å². The highest BCUT2D eigenvalue weighted by atomic mass is 32.2. The number of piperidine rings is 1. The molecule has 0 amide bonds. The van der Waals surface area contributed by atoms with Crippen molar-refractivity contribution in [3.05, 3.63) is 0 Å². The second-order valence-corrected chi connectivity index (χ2v) is 7.96. The molecule has 1 N–H and O–H groups in total. The zero-order chi connectivity index (χ0) is 11.2. The van der Waals surface area contributed by atoms with E-state index in [1.807, 2.05) is 0 Å². The maximum absolute atomic E-state index is 11.5. The molecule has 0 aromatic carbocycles. The van der Waals surface area contributed by atoms with Crippen molar-refractivity contribution in [1.29, 1.82) is 0 Å². The molecule has 0 aromatic rings. The van der Waals surface area contributed by atoms with Gasteiger partial charge in [0.1, 0.15) is 0 Å². The fraction of sp³-hybridized carbons (Fsp3) is 1.00. The summed E-state index contributed by atoms with van der Waals surface area (Å²) in [6.45, 7) is 4.47. The first-order chi connectivity index (χ1) is 7.59. The molecule has 1 spiro atoms. The van der Waals surface area contributed by atoms with Gasteiger partial charge < -0.3 is 5.32 Å². The Bertz CT molecular complexity index is 375. The Morgan fingerprint density at radius 2 is 2.12 bits per heavy atom. The Balaban J connectivity index is 1.67. The lowest BCUT2D eigenvalue weighted by Gasteiger charge is -2.50. The largest absolute Gasteiger partial charge is 0.315 e. The van der Waals surface area contributed by atoms with Crippen molar-refractivity contribution in [2.24, 2.45) is 5.41 Å². The zero-order valence-electron chi connectivity index (χ0n) is 9.61. The molecule has 3 heterocycles. The fourth-order valence-corrected chi connectivity index (χ4v) is 5.15. The smallest absolute Gasteiger partial charge is 0.151 e. The van der Waals surface area contributed by atoms with Crippen LogP contribution >= 0.6 is 0 Å². The van der Waals surface area contributed by atoms with E-state index >= 15 is 0 Å². The van der Waals surface area contributed by atoms with Gasteiger partial charge in [0, 0.05) is 31.1 Å². The minimum atomic E-state index is -2.73. The molecular formula is C11H20N2O2S. The molecule has 3 fully saturated rings. The number of sulfone groups is 1. The van der Waals surface area contributed by atoms with Gasteiger partial charge in [0.15, 0.2) is 9.84 Å². The Kier molecular flexibility index (Phi) is 2.53. The van der Waals surface area contributed by atoms with Crippen LogP contribution in [0.5, 0.6) is 0 Å². The monoisotopic (exact) mass is 244 g/mol. The first kappa shape index (κ1) is 11.0. The summed E-state index contributed by atoms with van der Waals surface area (Å²) < 4.78 is 23.0. The molecule has 0 saturated carbocycles. The van der Waals surface area contributed by atoms with Gasteiger partial charge in [0.25, 0.3) is 0 Å². The molecule has 3 aliphatic rings. The normalized spacial score (nSPS) is 37.4. The molecule has 0 aliphatic carbocycles. The molecule has 5 heteroatoms. The van der Waals surface area contributed by atoms with Crippen LogP contribution in [-0.2, 0) is 9.84 Å². The van der Waals surface area contributed by atoms with E-state index in [4.69, 9.17) is 0 Å². The number of likely N-dealkylation sites (tertiary alicyclic amines) is 1. The Morgan fingerprint density at radius 1 is 1.31 bits per heavy atom. The summed E-state index contributed by atoms with van der Waals surface area (Å²) in [6.07, 6.45) is 3.40. The van der Waals surface area contributed by atoms with Gasteiger partial charge in [-0.25, -0.2) is 8.42 Å². The summed E-state index contributed by atoms with van der Waals surface area (Å²) in [5.74, 6) is 0.802. The minimum Gasteiger partial charge on any atom is -0.315 e. The van der Waals surface area contributed by atoms with Gasteiger partial charge in [-0.3, -0.25) is 4.90 Å². The number of hydrogen-bond donors (Lipinski definition) is 1. The van der Waals surface area contributed by atoms with E-state index in [1.165, 1.54) is 12.8 Å². The highest BCUT2D eigenvalue weighted by Crippen LogP contribution is 2.35. The Morgan fingerprint density at radius 3 is 2.69 bits per heavy atom. The summed E-state index contributed by atoms with van der Waals surface area (Å²) in [5.41, 5.74) is 0.477. The lowest BCUT2D eigenvalue weighted by Crippen LogP contribution is -2.62. The van der Waals surface area contributed by atoms with Crippen molar-refractivity contribution in [1.82, 2.24) is 10.2 Å². The highest BCUT2D eigenvalue weighted by molar-refractivity contribution is 7.91.